The maximum atomic E-state index is 12.6. The molecule has 0 saturated heterocycles. The molecule has 0 aromatic heterocycles. The second-order valence-corrected chi connectivity index (χ2v) is 8.27. The normalized spacial score (nSPS) is 13.5. The van der Waals surface area contributed by atoms with E-state index in [1.165, 1.54) is 24.3 Å². The van der Waals surface area contributed by atoms with Crippen molar-refractivity contribution < 1.29 is 28.9 Å². The molecular weight excluding hydrogens is 444 g/mol. The third kappa shape index (κ3) is 4.34. The summed E-state index contributed by atoms with van der Waals surface area (Å²) in [6.07, 6.45) is 0. The van der Waals surface area contributed by atoms with Crippen molar-refractivity contribution in [3.63, 3.8) is 0 Å². The number of carbonyl (C=O) groups excluding carboxylic acids is 2. The molecule has 4 aromatic carbocycles. The van der Waals surface area contributed by atoms with Gasteiger partial charge in [0.2, 0.25) is 0 Å². The quantitative estimate of drug-likeness (QED) is 0.288. The summed E-state index contributed by atoms with van der Waals surface area (Å²) in [4.78, 5) is 25.0. The maximum Gasteiger partial charge on any atom is 0.343 e. The average molecular weight is 466 g/mol. The Morgan fingerprint density at radius 1 is 0.657 bits per heavy atom. The van der Waals surface area contributed by atoms with E-state index in [4.69, 9.17) is 14.2 Å². The fraction of sp³-hybridized carbons (Fsp3) is 0.103. The number of carbonyl (C=O) groups is 2. The van der Waals surface area contributed by atoms with Crippen LogP contribution in [0.5, 0.6) is 23.0 Å². The number of rotatable bonds is 5. The summed E-state index contributed by atoms with van der Waals surface area (Å²) < 4.78 is 16.3. The molecule has 0 aliphatic heterocycles. The van der Waals surface area contributed by atoms with Gasteiger partial charge in [0.1, 0.15) is 23.0 Å². The van der Waals surface area contributed by atoms with E-state index in [0.29, 0.717) is 28.4 Å². The molecule has 5 rings (SSSR count). The van der Waals surface area contributed by atoms with Gasteiger partial charge in [0.15, 0.2) is 0 Å². The Balaban J connectivity index is 1.34. The Morgan fingerprint density at radius 2 is 1.09 bits per heavy atom. The Bertz CT molecular complexity index is 1420. The number of phenolic OH excluding ortho intramolecular Hbond substituents is 1. The van der Waals surface area contributed by atoms with Crippen LogP contribution in [0.1, 0.15) is 44.7 Å². The lowest BCUT2D eigenvalue weighted by Crippen LogP contribution is -2.08. The zero-order valence-corrected chi connectivity index (χ0v) is 19.1. The van der Waals surface area contributed by atoms with Crippen LogP contribution in [-0.4, -0.2) is 24.2 Å². The van der Waals surface area contributed by atoms with Crippen LogP contribution in [0.15, 0.2) is 84.9 Å². The van der Waals surface area contributed by atoms with Crippen LogP contribution in [0.25, 0.3) is 11.1 Å². The second kappa shape index (κ2) is 8.99. The molecule has 174 valence electrons. The fourth-order valence-corrected chi connectivity index (χ4v) is 4.24. The van der Waals surface area contributed by atoms with Crippen LogP contribution in [-0.2, 0) is 0 Å². The first kappa shape index (κ1) is 22.2. The van der Waals surface area contributed by atoms with Gasteiger partial charge in [-0.05, 0) is 95.1 Å². The summed E-state index contributed by atoms with van der Waals surface area (Å²) >= 11 is 0. The van der Waals surface area contributed by atoms with Crippen molar-refractivity contribution in [1.82, 2.24) is 0 Å². The van der Waals surface area contributed by atoms with E-state index in [9.17, 15) is 14.7 Å². The molecule has 6 heteroatoms. The Morgan fingerprint density at radius 3 is 1.54 bits per heavy atom. The summed E-state index contributed by atoms with van der Waals surface area (Å²) in [5.74, 6) is 0.723. The lowest BCUT2D eigenvalue weighted by molar-refractivity contribution is 0.0725. The third-order valence-corrected chi connectivity index (χ3v) is 6.12. The number of benzene rings is 4. The molecule has 0 heterocycles. The molecule has 1 N–H and O–H groups in total. The Hall–Kier alpha value is -4.58. The van der Waals surface area contributed by atoms with Gasteiger partial charge in [0, 0.05) is 5.92 Å². The van der Waals surface area contributed by atoms with E-state index >= 15 is 0 Å². The molecular formula is C29H22O6. The number of hydrogen-bond donors (Lipinski definition) is 1. The molecule has 0 saturated carbocycles. The summed E-state index contributed by atoms with van der Waals surface area (Å²) in [6, 6.07) is 23.8. The summed E-state index contributed by atoms with van der Waals surface area (Å²) in [5.41, 5.74) is 4.93. The minimum atomic E-state index is -0.499. The topological polar surface area (TPSA) is 82.1 Å². The molecule has 0 spiro atoms. The van der Waals surface area contributed by atoms with Crippen LogP contribution in [0.2, 0.25) is 0 Å². The van der Waals surface area contributed by atoms with Gasteiger partial charge in [-0.3, -0.25) is 0 Å². The smallest absolute Gasteiger partial charge is 0.343 e. The number of esters is 2. The first-order valence-electron chi connectivity index (χ1n) is 11.1. The van der Waals surface area contributed by atoms with Crippen LogP contribution >= 0.6 is 0 Å². The molecule has 1 unspecified atom stereocenters. The van der Waals surface area contributed by atoms with E-state index in [2.05, 4.69) is 6.92 Å². The Kier molecular flexibility index (Phi) is 5.71. The molecule has 0 bridgehead atoms. The standard InChI is InChI=1S/C29H22O6/c1-17-26-15-22(34-28(31)18-3-7-20(30)8-4-18)11-13-24(26)25-14-12-23(16-27(17)25)35-29(32)19-5-9-21(33-2)10-6-19/h3-17,30H,1-2H3. The predicted molar refractivity (Wildman–Crippen MR) is 130 cm³/mol. The van der Waals surface area contributed by atoms with Crippen LogP contribution < -0.4 is 14.2 Å². The number of ether oxygens (including phenoxy) is 3. The minimum Gasteiger partial charge on any atom is -0.508 e. The second-order valence-electron chi connectivity index (χ2n) is 8.27. The largest absolute Gasteiger partial charge is 0.508 e. The van der Waals surface area contributed by atoms with Gasteiger partial charge in [-0.2, -0.15) is 0 Å². The van der Waals surface area contributed by atoms with Crippen molar-refractivity contribution in [2.45, 2.75) is 12.8 Å². The van der Waals surface area contributed by atoms with E-state index in [0.717, 1.165) is 22.3 Å². The fourth-order valence-electron chi connectivity index (χ4n) is 4.24. The highest BCUT2D eigenvalue weighted by Gasteiger charge is 2.27. The first-order valence-corrected chi connectivity index (χ1v) is 11.1. The van der Waals surface area contributed by atoms with E-state index < -0.39 is 11.9 Å². The van der Waals surface area contributed by atoms with Crippen molar-refractivity contribution in [2.24, 2.45) is 0 Å². The highest BCUT2D eigenvalue weighted by molar-refractivity contribution is 5.92. The van der Waals surface area contributed by atoms with Gasteiger partial charge in [0.05, 0.1) is 18.2 Å². The first-order chi connectivity index (χ1) is 16.9. The van der Waals surface area contributed by atoms with Crippen molar-refractivity contribution in [1.29, 1.82) is 0 Å². The average Bonchev–Trinajstić information content (AvgIpc) is 3.15. The highest BCUT2D eigenvalue weighted by atomic mass is 16.5. The van der Waals surface area contributed by atoms with Crippen molar-refractivity contribution >= 4 is 11.9 Å². The molecule has 1 aliphatic carbocycles. The van der Waals surface area contributed by atoms with Crippen molar-refractivity contribution in [2.75, 3.05) is 7.11 Å². The van der Waals surface area contributed by atoms with E-state index in [1.807, 2.05) is 24.3 Å². The van der Waals surface area contributed by atoms with Gasteiger partial charge in [-0.15, -0.1) is 0 Å². The number of fused-ring (bicyclic) bond motifs is 3. The van der Waals surface area contributed by atoms with Crippen LogP contribution in [0.3, 0.4) is 0 Å². The molecule has 4 aromatic rings. The summed E-state index contributed by atoms with van der Waals surface area (Å²) in [5, 5.41) is 9.41. The molecule has 1 atom stereocenters. The monoisotopic (exact) mass is 466 g/mol. The predicted octanol–water partition coefficient (Wildman–Crippen LogP) is 5.97. The minimum absolute atomic E-state index is 0.0203. The van der Waals surface area contributed by atoms with Gasteiger partial charge in [-0.1, -0.05) is 19.1 Å². The third-order valence-electron chi connectivity index (χ3n) is 6.12. The molecule has 0 radical (unpaired) electrons. The summed E-state index contributed by atoms with van der Waals surface area (Å²) in [7, 11) is 1.57. The number of phenols is 1. The Labute approximate surface area is 202 Å². The zero-order chi connectivity index (χ0) is 24.5. The van der Waals surface area contributed by atoms with Crippen LogP contribution in [0, 0.1) is 0 Å². The molecule has 6 nitrogen and oxygen atoms in total. The van der Waals surface area contributed by atoms with Crippen molar-refractivity contribution in [3.05, 3.63) is 107 Å². The maximum absolute atomic E-state index is 12.6. The zero-order valence-electron chi connectivity index (χ0n) is 19.1. The summed E-state index contributed by atoms with van der Waals surface area (Å²) in [6.45, 7) is 2.06. The molecule has 1 aliphatic rings. The highest BCUT2D eigenvalue weighted by Crippen LogP contribution is 2.47. The van der Waals surface area contributed by atoms with Gasteiger partial charge < -0.3 is 19.3 Å². The van der Waals surface area contributed by atoms with Crippen LogP contribution in [0.4, 0.5) is 0 Å². The lowest BCUT2D eigenvalue weighted by atomic mass is 9.99. The SMILES string of the molecule is COc1ccc(C(=O)Oc2ccc3c(c2)C(C)c2cc(OC(=O)c4ccc(O)cc4)ccc2-3)cc1. The van der Waals surface area contributed by atoms with Gasteiger partial charge >= 0.3 is 11.9 Å². The molecule has 0 amide bonds. The van der Waals surface area contributed by atoms with E-state index in [-0.39, 0.29) is 11.7 Å². The van der Waals surface area contributed by atoms with Gasteiger partial charge in [-0.25, -0.2) is 9.59 Å². The molecule has 35 heavy (non-hydrogen) atoms. The lowest BCUT2D eigenvalue weighted by Gasteiger charge is -2.10. The van der Waals surface area contributed by atoms with Gasteiger partial charge in [0.25, 0.3) is 0 Å². The van der Waals surface area contributed by atoms with Crippen molar-refractivity contribution in [3.8, 4) is 34.1 Å². The van der Waals surface area contributed by atoms with E-state index in [1.54, 1.807) is 43.5 Å². The number of aromatic hydroxyl groups is 1. The number of methoxy groups -OCH3 is 1. The molecule has 0 fully saturated rings. The number of hydrogen-bond acceptors (Lipinski definition) is 6.